The molecule has 2 heterocycles. The van der Waals surface area contributed by atoms with Gasteiger partial charge < -0.3 is 10.6 Å². The van der Waals surface area contributed by atoms with Crippen molar-refractivity contribution in [2.75, 3.05) is 5.75 Å². The van der Waals surface area contributed by atoms with Crippen LogP contribution in [0.5, 0.6) is 0 Å². The summed E-state index contributed by atoms with van der Waals surface area (Å²) in [6.07, 6.45) is -0.0661. The van der Waals surface area contributed by atoms with Crippen LogP contribution in [0.2, 0.25) is 0 Å². The number of hydrogen-bond acceptors (Lipinski definition) is 6. The van der Waals surface area contributed by atoms with Crippen LogP contribution in [0, 0.1) is 0 Å². The lowest BCUT2D eigenvalue weighted by atomic mass is 10.1. The van der Waals surface area contributed by atoms with Gasteiger partial charge in [0.05, 0.1) is 17.9 Å². The number of fused-ring (bicyclic) bond motifs is 3. The Morgan fingerprint density at radius 2 is 1.41 bits per heavy atom. The lowest BCUT2D eigenvalue weighted by Crippen LogP contribution is -2.42. The quantitative estimate of drug-likeness (QED) is 0.484. The fourth-order valence-electron chi connectivity index (χ4n) is 4.05. The summed E-state index contributed by atoms with van der Waals surface area (Å²) in [6.45, 7) is 0.801. The minimum atomic E-state index is -0.852. The number of hydrogen-bond donors (Lipinski definition) is 2. The first kappa shape index (κ1) is 24.5. The summed E-state index contributed by atoms with van der Waals surface area (Å²) in [6, 6.07) is 25.8. The predicted octanol–water partition coefficient (Wildman–Crippen LogP) is 3.40. The van der Waals surface area contributed by atoms with E-state index in [1.807, 2.05) is 84.9 Å². The van der Waals surface area contributed by atoms with Crippen molar-refractivity contribution in [3.8, 4) is 0 Å². The molecule has 0 fully saturated rings. The second-order valence-corrected chi connectivity index (χ2v) is 9.51. The molecule has 0 bridgehead atoms. The van der Waals surface area contributed by atoms with E-state index in [-0.39, 0.29) is 29.9 Å². The maximum Gasteiger partial charge on any atom is 0.259 e. The van der Waals surface area contributed by atoms with Gasteiger partial charge in [-0.3, -0.25) is 19.4 Å². The van der Waals surface area contributed by atoms with Gasteiger partial charge in [0.1, 0.15) is 11.9 Å². The van der Waals surface area contributed by atoms with Crippen LogP contribution in [0.15, 0.2) is 94.9 Å². The van der Waals surface area contributed by atoms with Gasteiger partial charge in [-0.2, -0.15) is 0 Å². The Labute approximate surface area is 218 Å². The maximum atomic E-state index is 13.4. The molecule has 1 unspecified atom stereocenters. The number of para-hydroxylation sites is 1. The SMILES string of the molecule is O=C(CSC1=Nc2ccccc2C2=NC(CC(=O)NCc3ccccc3)C(=O)N12)NCc1ccccc1. The molecule has 3 amide bonds. The second kappa shape index (κ2) is 11.2. The molecule has 2 aliphatic rings. The van der Waals surface area contributed by atoms with Crippen molar-refractivity contribution in [1.82, 2.24) is 15.5 Å². The second-order valence-electron chi connectivity index (χ2n) is 8.57. The first-order chi connectivity index (χ1) is 18.1. The number of aliphatic imine (C=N–C) groups is 2. The van der Waals surface area contributed by atoms with E-state index in [0.29, 0.717) is 29.8 Å². The van der Waals surface area contributed by atoms with Gasteiger partial charge in [-0.25, -0.2) is 9.89 Å². The van der Waals surface area contributed by atoms with Gasteiger partial charge in [-0.05, 0) is 23.3 Å². The molecule has 0 spiro atoms. The number of amides is 3. The third-order valence-electron chi connectivity index (χ3n) is 5.92. The van der Waals surface area contributed by atoms with E-state index in [1.165, 1.54) is 16.7 Å². The highest BCUT2D eigenvalue weighted by Gasteiger charge is 2.42. The van der Waals surface area contributed by atoms with Crippen molar-refractivity contribution in [3.05, 3.63) is 102 Å². The number of thioether (sulfide) groups is 1. The third-order valence-corrected chi connectivity index (χ3v) is 6.86. The first-order valence-corrected chi connectivity index (χ1v) is 12.9. The molecular weight excluding hydrogens is 486 g/mol. The Kier molecular flexibility index (Phi) is 7.41. The van der Waals surface area contributed by atoms with Crippen LogP contribution in [0.4, 0.5) is 5.69 Å². The van der Waals surface area contributed by atoms with Crippen LogP contribution < -0.4 is 10.6 Å². The minimum Gasteiger partial charge on any atom is -0.352 e. The minimum absolute atomic E-state index is 0.0661. The van der Waals surface area contributed by atoms with Gasteiger partial charge in [-0.1, -0.05) is 84.6 Å². The molecule has 186 valence electrons. The fraction of sp³-hybridized carbons (Fsp3) is 0.179. The van der Waals surface area contributed by atoms with Gasteiger partial charge in [-0.15, -0.1) is 0 Å². The molecule has 3 aromatic rings. The van der Waals surface area contributed by atoms with Crippen molar-refractivity contribution in [1.29, 1.82) is 0 Å². The zero-order valence-corrected chi connectivity index (χ0v) is 20.8. The summed E-state index contributed by atoms with van der Waals surface area (Å²) in [5.41, 5.74) is 3.37. The Morgan fingerprint density at radius 3 is 2.08 bits per heavy atom. The Morgan fingerprint density at radius 1 is 0.811 bits per heavy atom. The number of benzene rings is 3. The number of nitrogens with zero attached hydrogens (tertiary/aromatic N) is 3. The molecule has 1 atom stereocenters. The van der Waals surface area contributed by atoms with Crippen LogP contribution in [-0.4, -0.2) is 45.4 Å². The zero-order chi connectivity index (χ0) is 25.6. The van der Waals surface area contributed by atoms with Crippen molar-refractivity contribution < 1.29 is 14.4 Å². The maximum absolute atomic E-state index is 13.4. The molecule has 37 heavy (non-hydrogen) atoms. The van der Waals surface area contributed by atoms with E-state index in [1.54, 1.807) is 0 Å². The van der Waals surface area contributed by atoms with Crippen LogP contribution in [0.1, 0.15) is 23.1 Å². The molecule has 9 heteroatoms. The van der Waals surface area contributed by atoms with Crippen molar-refractivity contribution in [2.24, 2.45) is 9.98 Å². The molecule has 2 aliphatic heterocycles. The lowest BCUT2D eigenvalue weighted by molar-refractivity contribution is -0.128. The van der Waals surface area contributed by atoms with Crippen molar-refractivity contribution in [3.63, 3.8) is 0 Å². The lowest BCUT2D eigenvalue weighted by Gasteiger charge is -2.25. The predicted molar refractivity (Wildman–Crippen MR) is 144 cm³/mol. The summed E-state index contributed by atoms with van der Waals surface area (Å²) < 4.78 is 0. The Hall–Kier alpha value is -4.24. The molecule has 3 aromatic carbocycles. The standard InChI is InChI=1S/C28H25N5O3S/c34-24(29-16-19-9-3-1-4-10-19)15-23-27(36)33-26(31-23)21-13-7-8-14-22(21)32-28(33)37-18-25(35)30-17-20-11-5-2-6-12-20/h1-14,23H,15-18H2,(H,29,34)(H,30,35). The Bertz CT molecular complexity index is 1370. The largest absolute Gasteiger partial charge is 0.352 e. The fourth-order valence-corrected chi connectivity index (χ4v) is 4.88. The first-order valence-electron chi connectivity index (χ1n) is 11.9. The van der Waals surface area contributed by atoms with Crippen LogP contribution in [0.25, 0.3) is 0 Å². The molecular formula is C28H25N5O3S. The highest BCUT2D eigenvalue weighted by Crippen LogP contribution is 2.34. The van der Waals surface area contributed by atoms with Gasteiger partial charge in [0.15, 0.2) is 5.17 Å². The molecule has 0 aliphatic carbocycles. The van der Waals surface area contributed by atoms with Crippen molar-refractivity contribution in [2.45, 2.75) is 25.6 Å². The highest BCUT2D eigenvalue weighted by atomic mass is 32.2. The van der Waals surface area contributed by atoms with Gasteiger partial charge in [0.25, 0.3) is 5.91 Å². The van der Waals surface area contributed by atoms with E-state index in [4.69, 9.17) is 0 Å². The molecule has 0 aromatic heterocycles. The van der Waals surface area contributed by atoms with Crippen LogP contribution in [0.3, 0.4) is 0 Å². The monoisotopic (exact) mass is 511 g/mol. The van der Waals surface area contributed by atoms with E-state index >= 15 is 0 Å². The third kappa shape index (κ3) is 5.78. The summed E-state index contributed by atoms with van der Waals surface area (Å²) in [5.74, 6) is -0.199. The molecule has 0 radical (unpaired) electrons. The summed E-state index contributed by atoms with van der Waals surface area (Å²) >= 11 is 1.17. The van der Waals surface area contributed by atoms with Crippen LogP contribution in [-0.2, 0) is 27.5 Å². The number of rotatable bonds is 8. The van der Waals surface area contributed by atoms with E-state index < -0.39 is 6.04 Å². The average Bonchev–Trinajstić information content (AvgIpc) is 3.26. The van der Waals surface area contributed by atoms with Gasteiger partial charge in [0, 0.05) is 18.7 Å². The molecule has 8 nitrogen and oxygen atoms in total. The highest BCUT2D eigenvalue weighted by molar-refractivity contribution is 8.14. The molecule has 0 saturated carbocycles. The van der Waals surface area contributed by atoms with Crippen LogP contribution >= 0.6 is 11.8 Å². The summed E-state index contributed by atoms with van der Waals surface area (Å²) in [7, 11) is 0. The molecule has 0 saturated heterocycles. The van der Waals surface area contributed by atoms with E-state index in [2.05, 4.69) is 20.6 Å². The summed E-state index contributed by atoms with van der Waals surface area (Å²) in [5, 5.41) is 6.13. The van der Waals surface area contributed by atoms with E-state index in [9.17, 15) is 14.4 Å². The summed E-state index contributed by atoms with van der Waals surface area (Å²) in [4.78, 5) is 49.2. The van der Waals surface area contributed by atoms with Gasteiger partial charge in [0.2, 0.25) is 11.8 Å². The van der Waals surface area contributed by atoms with Gasteiger partial charge >= 0.3 is 0 Å². The zero-order valence-electron chi connectivity index (χ0n) is 20.0. The number of carbonyl (C=O) groups is 3. The average molecular weight is 512 g/mol. The van der Waals surface area contributed by atoms with E-state index in [0.717, 1.165) is 16.7 Å². The molecule has 2 N–H and O–H groups in total. The smallest absolute Gasteiger partial charge is 0.259 e. The molecule has 5 rings (SSSR count). The number of amidine groups is 2. The topological polar surface area (TPSA) is 103 Å². The number of nitrogens with one attached hydrogen (secondary N) is 2. The normalized spacial score (nSPS) is 15.8. The Balaban J connectivity index is 1.25. The number of carbonyl (C=O) groups excluding carboxylic acids is 3. The van der Waals surface area contributed by atoms with Crippen molar-refractivity contribution >= 4 is 46.2 Å².